The number of hydrogen-bond acceptors (Lipinski definition) is 3. The third kappa shape index (κ3) is 3.17. The van der Waals surface area contributed by atoms with Gasteiger partial charge in [0.05, 0.1) is 11.3 Å². The monoisotopic (exact) mass is 274 g/mol. The molecule has 0 saturated heterocycles. The molecule has 1 aromatic heterocycles. The molecule has 1 heterocycles. The van der Waals surface area contributed by atoms with Gasteiger partial charge in [-0.2, -0.15) is 0 Å². The van der Waals surface area contributed by atoms with Crippen molar-refractivity contribution in [2.24, 2.45) is 0 Å². The number of benzene rings is 1. The number of hydrogen-bond donors (Lipinski definition) is 1. The van der Waals surface area contributed by atoms with Gasteiger partial charge in [0, 0.05) is 12.6 Å². The van der Waals surface area contributed by atoms with Gasteiger partial charge in [0.2, 0.25) is 0 Å². The standard InChI is InChI=1S/C15H15FN2O2/c1-9(2)14-12(15(19)20)8-17-13(18-14)7-10-3-5-11(16)6-4-10/h3-6,8-9H,7H2,1-2H3,(H,19,20). The molecule has 1 aromatic carbocycles. The van der Waals surface area contributed by atoms with E-state index in [0.717, 1.165) is 5.56 Å². The van der Waals surface area contributed by atoms with Crippen LogP contribution in [0, 0.1) is 5.82 Å². The summed E-state index contributed by atoms with van der Waals surface area (Å²) in [5, 5.41) is 9.10. The van der Waals surface area contributed by atoms with Gasteiger partial charge in [-0.15, -0.1) is 0 Å². The molecule has 0 atom stereocenters. The molecule has 0 aliphatic carbocycles. The Morgan fingerprint density at radius 1 is 1.30 bits per heavy atom. The number of carbonyl (C=O) groups is 1. The van der Waals surface area contributed by atoms with Crippen LogP contribution in [0.25, 0.3) is 0 Å². The number of halogens is 1. The first-order valence-electron chi connectivity index (χ1n) is 6.31. The molecule has 0 spiro atoms. The van der Waals surface area contributed by atoms with Gasteiger partial charge in [0.15, 0.2) is 0 Å². The maximum absolute atomic E-state index is 12.8. The first-order chi connectivity index (χ1) is 9.47. The third-order valence-electron chi connectivity index (χ3n) is 2.92. The van der Waals surface area contributed by atoms with Crippen LogP contribution in [-0.2, 0) is 6.42 Å². The van der Waals surface area contributed by atoms with Gasteiger partial charge in [-0.05, 0) is 23.6 Å². The first kappa shape index (κ1) is 14.1. The quantitative estimate of drug-likeness (QED) is 0.930. The molecular formula is C15H15FN2O2. The summed E-state index contributed by atoms with van der Waals surface area (Å²) in [6, 6.07) is 6.09. The van der Waals surface area contributed by atoms with Crippen molar-refractivity contribution in [3.8, 4) is 0 Å². The largest absolute Gasteiger partial charge is 0.478 e. The van der Waals surface area contributed by atoms with E-state index in [0.29, 0.717) is 17.9 Å². The lowest BCUT2D eigenvalue weighted by Gasteiger charge is -2.10. The molecule has 2 rings (SSSR count). The van der Waals surface area contributed by atoms with Crippen molar-refractivity contribution in [3.63, 3.8) is 0 Å². The minimum absolute atomic E-state index is 0.00364. The fourth-order valence-corrected chi connectivity index (χ4v) is 1.91. The summed E-state index contributed by atoms with van der Waals surface area (Å²) in [4.78, 5) is 19.5. The van der Waals surface area contributed by atoms with E-state index >= 15 is 0 Å². The number of carboxylic acid groups (broad SMARTS) is 1. The van der Waals surface area contributed by atoms with Crippen molar-refractivity contribution in [3.05, 3.63) is 58.9 Å². The maximum atomic E-state index is 12.8. The minimum atomic E-state index is -1.03. The van der Waals surface area contributed by atoms with Crippen LogP contribution in [0.3, 0.4) is 0 Å². The Balaban J connectivity index is 2.31. The topological polar surface area (TPSA) is 63.1 Å². The fourth-order valence-electron chi connectivity index (χ4n) is 1.91. The Bertz CT molecular complexity index is 624. The number of rotatable bonds is 4. The van der Waals surface area contributed by atoms with E-state index in [2.05, 4.69) is 9.97 Å². The maximum Gasteiger partial charge on any atom is 0.339 e. The number of aromatic carboxylic acids is 1. The first-order valence-corrected chi connectivity index (χ1v) is 6.31. The van der Waals surface area contributed by atoms with E-state index in [1.165, 1.54) is 18.3 Å². The summed E-state index contributed by atoms with van der Waals surface area (Å²) in [7, 11) is 0. The van der Waals surface area contributed by atoms with Crippen LogP contribution >= 0.6 is 0 Å². The average Bonchev–Trinajstić information content (AvgIpc) is 2.41. The zero-order chi connectivity index (χ0) is 14.7. The van der Waals surface area contributed by atoms with Crippen LogP contribution in [0.1, 0.15) is 47.2 Å². The van der Waals surface area contributed by atoms with E-state index < -0.39 is 5.97 Å². The lowest BCUT2D eigenvalue weighted by Crippen LogP contribution is -2.10. The van der Waals surface area contributed by atoms with Gasteiger partial charge in [0.1, 0.15) is 11.6 Å². The Labute approximate surface area is 116 Å². The predicted octanol–water partition coefficient (Wildman–Crippen LogP) is 3.03. The highest BCUT2D eigenvalue weighted by Crippen LogP contribution is 2.17. The second kappa shape index (κ2) is 5.77. The Hall–Kier alpha value is -2.30. The second-order valence-electron chi connectivity index (χ2n) is 4.85. The van der Waals surface area contributed by atoms with E-state index in [9.17, 15) is 9.18 Å². The molecule has 5 heteroatoms. The summed E-state index contributed by atoms with van der Waals surface area (Å²) in [6.07, 6.45) is 1.78. The van der Waals surface area contributed by atoms with Crippen LogP contribution in [0.2, 0.25) is 0 Å². The van der Waals surface area contributed by atoms with Crippen LogP contribution in [-0.4, -0.2) is 21.0 Å². The normalized spacial score (nSPS) is 10.8. The van der Waals surface area contributed by atoms with Gasteiger partial charge in [-0.3, -0.25) is 0 Å². The number of aromatic nitrogens is 2. The molecule has 0 aliphatic heterocycles. The van der Waals surface area contributed by atoms with E-state index in [1.807, 2.05) is 13.8 Å². The molecule has 0 unspecified atom stereocenters. The summed E-state index contributed by atoms with van der Waals surface area (Å²) in [5.41, 5.74) is 1.52. The molecule has 0 amide bonds. The molecule has 0 fully saturated rings. The van der Waals surface area contributed by atoms with Crippen molar-refractivity contribution in [1.29, 1.82) is 0 Å². The highest BCUT2D eigenvalue weighted by atomic mass is 19.1. The lowest BCUT2D eigenvalue weighted by atomic mass is 10.0. The molecule has 0 saturated carbocycles. The zero-order valence-corrected chi connectivity index (χ0v) is 11.3. The van der Waals surface area contributed by atoms with Crippen LogP contribution in [0.15, 0.2) is 30.5 Å². The van der Waals surface area contributed by atoms with Crippen molar-refractivity contribution in [2.45, 2.75) is 26.2 Å². The van der Waals surface area contributed by atoms with Crippen molar-refractivity contribution < 1.29 is 14.3 Å². The molecular weight excluding hydrogens is 259 g/mol. The molecule has 20 heavy (non-hydrogen) atoms. The summed E-state index contributed by atoms with van der Waals surface area (Å²) in [6.45, 7) is 3.77. The fraction of sp³-hybridized carbons (Fsp3) is 0.267. The van der Waals surface area contributed by atoms with Crippen molar-refractivity contribution >= 4 is 5.97 Å². The SMILES string of the molecule is CC(C)c1nc(Cc2ccc(F)cc2)ncc1C(=O)O. The van der Waals surface area contributed by atoms with Gasteiger partial charge in [-0.1, -0.05) is 26.0 Å². The van der Waals surface area contributed by atoms with Gasteiger partial charge >= 0.3 is 5.97 Å². The third-order valence-corrected chi connectivity index (χ3v) is 2.92. The van der Waals surface area contributed by atoms with E-state index in [4.69, 9.17) is 5.11 Å². The van der Waals surface area contributed by atoms with Crippen molar-refractivity contribution in [2.75, 3.05) is 0 Å². The number of nitrogens with zero attached hydrogens (tertiary/aromatic N) is 2. The molecule has 4 nitrogen and oxygen atoms in total. The van der Waals surface area contributed by atoms with Crippen LogP contribution < -0.4 is 0 Å². The van der Waals surface area contributed by atoms with Gasteiger partial charge < -0.3 is 5.11 Å². The molecule has 104 valence electrons. The van der Waals surface area contributed by atoms with Crippen LogP contribution in [0.4, 0.5) is 4.39 Å². The lowest BCUT2D eigenvalue weighted by molar-refractivity contribution is 0.0694. The highest BCUT2D eigenvalue weighted by Gasteiger charge is 2.16. The van der Waals surface area contributed by atoms with Crippen molar-refractivity contribution in [1.82, 2.24) is 9.97 Å². The second-order valence-corrected chi connectivity index (χ2v) is 4.85. The summed E-state index contributed by atoms with van der Waals surface area (Å²) >= 11 is 0. The zero-order valence-electron chi connectivity index (χ0n) is 11.3. The Kier molecular flexibility index (Phi) is 4.08. The Morgan fingerprint density at radius 2 is 1.95 bits per heavy atom. The van der Waals surface area contributed by atoms with Gasteiger partial charge in [-0.25, -0.2) is 19.2 Å². The van der Waals surface area contributed by atoms with E-state index in [-0.39, 0.29) is 17.3 Å². The van der Waals surface area contributed by atoms with Crippen LogP contribution in [0.5, 0.6) is 0 Å². The minimum Gasteiger partial charge on any atom is -0.478 e. The molecule has 0 aliphatic rings. The molecule has 0 radical (unpaired) electrons. The molecule has 0 bridgehead atoms. The molecule has 1 N–H and O–H groups in total. The highest BCUT2D eigenvalue weighted by molar-refractivity contribution is 5.88. The smallest absolute Gasteiger partial charge is 0.339 e. The van der Waals surface area contributed by atoms with E-state index in [1.54, 1.807) is 12.1 Å². The molecule has 2 aromatic rings. The average molecular weight is 274 g/mol. The summed E-state index contributed by atoms with van der Waals surface area (Å²) in [5.74, 6) is -0.790. The predicted molar refractivity (Wildman–Crippen MR) is 72.3 cm³/mol. The Morgan fingerprint density at radius 3 is 2.50 bits per heavy atom. The summed E-state index contributed by atoms with van der Waals surface area (Å²) < 4.78 is 12.8. The van der Waals surface area contributed by atoms with Gasteiger partial charge in [0.25, 0.3) is 0 Å². The number of carboxylic acids is 1.